The average Bonchev–Trinajstić information content (AvgIpc) is 3.45. The Morgan fingerprint density at radius 2 is 1.79 bits per heavy atom. The summed E-state index contributed by atoms with van der Waals surface area (Å²) in [5, 5.41) is 9.38. The van der Waals surface area contributed by atoms with Crippen molar-refractivity contribution >= 4 is 33.3 Å². The third-order valence-corrected chi connectivity index (χ3v) is 5.99. The Labute approximate surface area is 173 Å². The molecule has 0 atom stereocenters. The minimum absolute atomic E-state index is 0.0588. The quantitative estimate of drug-likeness (QED) is 0.436. The van der Waals surface area contributed by atoms with Crippen molar-refractivity contribution in [1.82, 2.24) is 14.8 Å². The third kappa shape index (κ3) is 4.86. The zero-order valence-electron chi connectivity index (χ0n) is 15.8. The number of benzene rings is 2. The van der Waals surface area contributed by atoms with Gasteiger partial charge >= 0.3 is 0 Å². The molecule has 0 amide bonds. The summed E-state index contributed by atoms with van der Waals surface area (Å²) < 4.78 is 27.0. The molecule has 1 aliphatic rings. The summed E-state index contributed by atoms with van der Waals surface area (Å²) in [5.41, 5.74) is 1.94. The highest BCUT2D eigenvalue weighted by Gasteiger charge is 2.31. The first kappa shape index (κ1) is 19.7. The number of para-hydroxylation sites is 1. The van der Waals surface area contributed by atoms with Crippen molar-refractivity contribution in [3.05, 3.63) is 66.0 Å². The minimum Gasteiger partial charge on any atom is -0.293 e. The normalized spacial score (nSPS) is 14.0. The summed E-state index contributed by atoms with van der Waals surface area (Å²) in [6.45, 7) is 0. The van der Waals surface area contributed by atoms with E-state index < -0.39 is 10.0 Å². The lowest BCUT2D eigenvalue weighted by molar-refractivity contribution is 0.102. The Bertz CT molecular complexity index is 1120. The van der Waals surface area contributed by atoms with Gasteiger partial charge in [-0.2, -0.15) is 0 Å². The van der Waals surface area contributed by atoms with Crippen LogP contribution in [0.15, 0.2) is 59.8 Å². The van der Waals surface area contributed by atoms with E-state index >= 15 is 0 Å². The van der Waals surface area contributed by atoms with Crippen LogP contribution in [0.1, 0.15) is 34.9 Å². The largest absolute Gasteiger partial charge is 0.293 e. The molecule has 1 aliphatic carbocycles. The van der Waals surface area contributed by atoms with Crippen LogP contribution in [-0.2, 0) is 10.0 Å². The number of sulfonamides is 1. The van der Waals surface area contributed by atoms with Gasteiger partial charge in [0.2, 0.25) is 10.0 Å². The Balaban J connectivity index is 1.49. The van der Waals surface area contributed by atoms with Gasteiger partial charge in [0.15, 0.2) is 10.9 Å². The zero-order valence-corrected chi connectivity index (χ0v) is 17.4. The van der Waals surface area contributed by atoms with Gasteiger partial charge < -0.3 is 0 Å². The molecule has 9 heteroatoms. The fourth-order valence-electron chi connectivity index (χ4n) is 2.95. The number of nitrogens with one attached hydrogen (secondary N) is 1. The SMILES string of the molecule is CS(=O)(=O)Nc1ccc(C(=O)CSc2nnc(C3CC3)n2-c2ccccc2)cc1. The molecule has 1 fully saturated rings. The van der Waals surface area contributed by atoms with Gasteiger partial charge in [-0.15, -0.1) is 10.2 Å². The molecule has 0 aliphatic heterocycles. The molecule has 29 heavy (non-hydrogen) atoms. The zero-order chi connectivity index (χ0) is 20.4. The first-order valence-electron chi connectivity index (χ1n) is 9.15. The highest BCUT2D eigenvalue weighted by Crippen LogP contribution is 2.41. The van der Waals surface area contributed by atoms with Crippen LogP contribution in [0.3, 0.4) is 0 Å². The number of ketones is 1. The molecule has 1 saturated carbocycles. The lowest BCUT2D eigenvalue weighted by Gasteiger charge is -2.09. The van der Waals surface area contributed by atoms with Crippen molar-refractivity contribution < 1.29 is 13.2 Å². The van der Waals surface area contributed by atoms with Crippen LogP contribution in [0.5, 0.6) is 0 Å². The number of carbonyl (C=O) groups excluding carboxylic acids is 1. The minimum atomic E-state index is -3.34. The molecule has 1 N–H and O–H groups in total. The van der Waals surface area contributed by atoms with Gasteiger partial charge in [-0.3, -0.25) is 14.1 Å². The van der Waals surface area contributed by atoms with Crippen LogP contribution in [-0.4, -0.2) is 41.0 Å². The van der Waals surface area contributed by atoms with Crippen LogP contribution in [0.4, 0.5) is 5.69 Å². The van der Waals surface area contributed by atoms with E-state index in [2.05, 4.69) is 14.9 Å². The fraction of sp³-hybridized carbons (Fsp3) is 0.250. The van der Waals surface area contributed by atoms with Gasteiger partial charge in [-0.05, 0) is 49.2 Å². The van der Waals surface area contributed by atoms with Crippen molar-refractivity contribution in [2.45, 2.75) is 23.9 Å². The first-order valence-corrected chi connectivity index (χ1v) is 12.0. The summed E-state index contributed by atoms with van der Waals surface area (Å²) in [6.07, 6.45) is 3.31. The van der Waals surface area contributed by atoms with E-state index in [-0.39, 0.29) is 11.5 Å². The number of anilines is 1. The monoisotopic (exact) mass is 428 g/mol. The third-order valence-electron chi connectivity index (χ3n) is 4.46. The summed E-state index contributed by atoms with van der Waals surface area (Å²) in [7, 11) is -3.34. The number of Topliss-reactive ketones (excluding diaryl/α,β-unsaturated/α-hetero) is 1. The van der Waals surface area contributed by atoms with Gasteiger partial charge in [0.05, 0.1) is 12.0 Å². The van der Waals surface area contributed by atoms with Gasteiger partial charge in [0.1, 0.15) is 5.82 Å². The lowest BCUT2D eigenvalue weighted by atomic mass is 10.1. The van der Waals surface area contributed by atoms with Gasteiger partial charge in [-0.25, -0.2) is 8.42 Å². The van der Waals surface area contributed by atoms with Gasteiger partial charge in [0, 0.05) is 22.9 Å². The molecule has 0 unspecified atom stereocenters. The molecule has 7 nitrogen and oxygen atoms in total. The number of thioether (sulfide) groups is 1. The van der Waals surface area contributed by atoms with Crippen molar-refractivity contribution in [3.63, 3.8) is 0 Å². The summed E-state index contributed by atoms with van der Waals surface area (Å²) in [6, 6.07) is 16.3. The molecule has 4 rings (SSSR count). The van der Waals surface area contributed by atoms with Crippen LogP contribution >= 0.6 is 11.8 Å². The second-order valence-electron chi connectivity index (χ2n) is 6.95. The number of rotatable bonds is 8. The maximum atomic E-state index is 12.6. The van der Waals surface area contributed by atoms with Crippen LogP contribution < -0.4 is 4.72 Å². The second kappa shape index (κ2) is 8.00. The second-order valence-corrected chi connectivity index (χ2v) is 9.64. The average molecular weight is 429 g/mol. The van der Waals surface area contributed by atoms with E-state index in [1.54, 1.807) is 24.3 Å². The molecule has 1 aromatic heterocycles. The number of carbonyl (C=O) groups is 1. The molecule has 2 aromatic carbocycles. The Kier molecular flexibility index (Phi) is 5.42. The van der Waals surface area contributed by atoms with Crippen LogP contribution in [0.25, 0.3) is 5.69 Å². The van der Waals surface area contributed by atoms with E-state index in [0.29, 0.717) is 22.3 Å². The van der Waals surface area contributed by atoms with E-state index in [4.69, 9.17) is 0 Å². The van der Waals surface area contributed by atoms with Crippen LogP contribution in [0, 0.1) is 0 Å². The van der Waals surface area contributed by atoms with Crippen molar-refractivity contribution in [2.75, 3.05) is 16.7 Å². The number of hydrogen-bond acceptors (Lipinski definition) is 6. The first-order chi connectivity index (χ1) is 13.9. The number of nitrogens with zero attached hydrogens (tertiary/aromatic N) is 3. The smallest absolute Gasteiger partial charge is 0.229 e. The predicted molar refractivity (Wildman–Crippen MR) is 113 cm³/mol. The predicted octanol–water partition coefficient (Wildman–Crippen LogP) is 3.49. The van der Waals surface area contributed by atoms with Crippen molar-refractivity contribution in [3.8, 4) is 5.69 Å². The highest BCUT2D eigenvalue weighted by molar-refractivity contribution is 7.99. The molecule has 0 saturated heterocycles. The van der Waals surface area contributed by atoms with E-state index in [1.165, 1.54) is 11.8 Å². The molecule has 0 bridgehead atoms. The number of aromatic nitrogens is 3. The molecule has 1 heterocycles. The Hall–Kier alpha value is -2.65. The number of hydrogen-bond donors (Lipinski definition) is 1. The maximum Gasteiger partial charge on any atom is 0.229 e. The molecular formula is C20H20N4O3S2. The molecular weight excluding hydrogens is 408 g/mol. The Morgan fingerprint density at radius 1 is 1.10 bits per heavy atom. The lowest BCUT2D eigenvalue weighted by Crippen LogP contribution is -2.10. The van der Waals surface area contributed by atoms with Gasteiger partial charge in [0.25, 0.3) is 0 Å². The molecule has 0 radical (unpaired) electrons. The maximum absolute atomic E-state index is 12.6. The van der Waals surface area contributed by atoms with Crippen molar-refractivity contribution in [1.29, 1.82) is 0 Å². The molecule has 150 valence electrons. The molecule has 0 spiro atoms. The highest BCUT2D eigenvalue weighted by atomic mass is 32.2. The standard InChI is InChI=1S/C20H20N4O3S2/c1-29(26,27)23-16-11-9-14(10-12-16)18(25)13-28-20-22-21-19(15-7-8-15)24(20)17-5-3-2-4-6-17/h2-6,9-12,15,23H,7-8,13H2,1H3. The summed E-state index contributed by atoms with van der Waals surface area (Å²) >= 11 is 1.35. The molecule has 3 aromatic rings. The fourth-order valence-corrected chi connectivity index (χ4v) is 4.37. The van der Waals surface area contributed by atoms with Crippen molar-refractivity contribution in [2.24, 2.45) is 0 Å². The topological polar surface area (TPSA) is 93.9 Å². The Morgan fingerprint density at radius 3 is 2.41 bits per heavy atom. The van der Waals surface area contributed by atoms with Crippen LogP contribution in [0.2, 0.25) is 0 Å². The van der Waals surface area contributed by atoms with E-state index in [1.807, 2.05) is 34.9 Å². The van der Waals surface area contributed by atoms with E-state index in [9.17, 15) is 13.2 Å². The summed E-state index contributed by atoms with van der Waals surface area (Å²) in [5.74, 6) is 1.54. The van der Waals surface area contributed by atoms with Gasteiger partial charge in [-0.1, -0.05) is 30.0 Å². The van der Waals surface area contributed by atoms with E-state index in [0.717, 1.165) is 30.6 Å². The summed E-state index contributed by atoms with van der Waals surface area (Å²) in [4.78, 5) is 12.6.